The fraction of sp³-hybridized carbons (Fsp3) is 0.391. The number of quaternary nitrogens is 1. The van der Waals surface area contributed by atoms with Crippen molar-refractivity contribution in [1.29, 1.82) is 0 Å². The quantitative estimate of drug-likeness (QED) is 0.374. The minimum Gasteiger partial charge on any atom is -0.295 e. The summed E-state index contributed by atoms with van der Waals surface area (Å²) in [5.74, 6) is 2.88. The Morgan fingerprint density at radius 3 is 2.24 bits per heavy atom. The van der Waals surface area contributed by atoms with Gasteiger partial charge < -0.3 is 0 Å². The zero-order chi connectivity index (χ0) is 18.3. The predicted octanol–water partition coefficient (Wildman–Crippen LogP) is 6.34. The van der Waals surface area contributed by atoms with Crippen LogP contribution in [-0.2, 0) is 5.75 Å². The zero-order valence-electron chi connectivity index (χ0n) is 16.2. The first kappa shape index (κ1) is 19.8. The average molecular weight is 355 g/mol. The number of thioether (sulfide) groups is 1. The molecule has 0 N–H and O–H groups in total. The third-order valence-electron chi connectivity index (χ3n) is 5.05. The molecule has 2 aromatic rings. The molecule has 1 unspecified atom stereocenters. The van der Waals surface area contributed by atoms with Gasteiger partial charge in [-0.3, -0.25) is 4.48 Å². The largest absolute Gasteiger partial charge is 0.295 e. The highest BCUT2D eigenvalue weighted by molar-refractivity contribution is 7.98. The fourth-order valence-corrected chi connectivity index (χ4v) is 3.96. The molecule has 0 amide bonds. The first-order valence-corrected chi connectivity index (χ1v) is 10.3. The van der Waals surface area contributed by atoms with E-state index < -0.39 is 0 Å². The van der Waals surface area contributed by atoms with E-state index in [9.17, 15) is 0 Å². The van der Waals surface area contributed by atoms with Gasteiger partial charge >= 0.3 is 0 Å². The monoisotopic (exact) mass is 354 g/mol. The molecule has 134 valence electrons. The van der Waals surface area contributed by atoms with Crippen LogP contribution >= 0.6 is 11.8 Å². The van der Waals surface area contributed by atoms with Crippen LogP contribution in [0.5, 0.6) is 0 Å². The van der Waals surface area contributed by atoms with Crippen LogP contribution in [0, 0.1) is 0 Å². The Bertz CT molecular complexity index is 655. The van der Waals surface area contributed by atoms with Gasteiger partial charge in [0, 0.05) is 11.5 Å². The van der Waals surface area contributed by atoms with Crippen molar-refractivity contribution in [3.8, 4) is 0 Å². The number of hydrogen-bond acceptors (Lipinski definition) is 1. The van der Waals surface area contributed by atoms with Gasteiger partial charge in [-0.1, -0.05) is 62.9 Å². The summed E-state index contributed by atoms with van der Waals surface area (Å²) in [4.78, 5) is 0. The maximum Gasteiger partial charge on any atom is 0.132 e. The van der Waals surface area contributed by atoms with E-state index in [2.05, 4.69) is 83.1 Å². The highest BCUT2D eigenvalue weighted by Crippen LogP contribution is 2.25. The Hall–Kier alpha value is -1.51. The second-order valence-electron chi connectivity index (χ2n) is 7.31. The smallest absolute Gasteiger partial charge is 0.132 e. The van der Waals surface area contributed by atoms with Crippen LogP contribution < -0.4 is 4.48 Å². The van der Waals surface area contributed by atoms with E-state index in [4.69, 9.17) is 0 Å². The van der Waals surface area contributed by atoms with Crippen molar-refractivity contribution in [2.24, 2.45) is 0 Å². The van der Waals surface area contributed by atoms with Crippen LogP contribution in [0.1, 0.15) is 42.9 Å². The van der Waals surface area contributed by atoms with Crippen molar-refractivity contribution in [2.45, 2.75) is 31.9 Å². The minimum absolute atomic E-state index is 0.646. The van der Waals surface area contributed by atoms with E-state index in [0.29, 0.717) is 5.92 Å². The van der Waals surface area contributed by atoms with Gasteiger partial charge in [-0.05, 0) is 41.2 Å². The van der Waals surface area contributed by atoms with Crippen molar-refractivity contribution in [3.63, 3.8) is 0 Å². The molecule has 0 aliphatic rings. The van der Waals surface area contributed by atoms with Crippen molar-refractivity contribution in [1.82, 2.24) is 4.48 Å². The van der Waals surface area contributed by atoms with E-state index in [1.54, 1.807) is 0 Å². The van der Waals surface area contributed by atoms with Gasteiger partial charge in [-0.25, -0.2) is 0 Å². The van der Waals surface area contributed by atoms with Gasteiger partial charge in [0.25, 0.3) is 0 Å². The Labute approximate surface area is 158 Å². The van der Waals surface area contributed by atoms with E-state index in [-0.39, 0.29) is 0 Å². The summed E-state index contributed by atoms with van der Waals surface area (Å²) in [7, 11) is 4.61. The third-order valence-corrected chi connectivity index (χ3v) is 6.06. The van der Waals surface area contributed by atoms with E-state index in [0.717, 1.165) is 22.5 Å². The highest BCUT2D eigenvalue weighted by atomic mass is 32.2. The standard InChI is InChI=1S/C23H32NS/c1-6-19(3)22-12-14-23(15-13-22)24(4,5)16-17-25-18-21-10-8-20(7-2)9-11-21/h7-15,19H,2,6,16-18H2,1,3-5H3/q+1. The van der Waals surface area contributed by atoms with Gasteiger partial charge in [0.2, 0.25) is 0 Å². The molecule has 0 saturated carbocycles. The maximum absolute atomic E-state index is 3.80. The van der Waals surface area contributed by atoms with Crippen LogP contribution in [0.15, 0.2) is 55.1 Å². The second-order valence-corrected chi connectivity index (χ2v) is 8.41. The molecule has 2 aromatic carbocycles. The Morgan fingerprint density at radius 2 is 1.68 bits per heavy atom. The van der Waals surface area contributed by atoms with Crippen LogP contribution in [0.25, 0.3) is 6.08 Å². The molecule has 0 radical (unpaired) electrons. The molecule has 2 heteroatoms. The lowest BCUT2D eigenvalue weighted by molar-refractivity contribution is 0.424. The van der Waals surface area contributed by atoms with Crippen molar-refractivity contribution >= 4 is 23.5 Å². The molecule has 0 aromatic heterocycles. The van der Waals surface area contributed by atoms with Gasteiger partial charge in [0.15, 0.2) is 0 Å². The first-order chi connectivity index (χ1) is 12.0. The third kappa shape index (κ3) is 5.76. The average Bonchev–Trinajstić information content (AvgIpc) is 2.65. The molecule has 0 aliphatic carbocycles. The van der Waals surface area contributed by atoms with Gasteiger partial charge in [-0.2, -0.15) is 11.8 Å². The molecule has 1 atom stereocenters. The van der Waals surface area contributed by atoms with E-state index in [1.807, 2.05) is 17.8 Å². The molecular weight excluding hydrogens is 322 g/mol. The van der Waals surface area contributed by atoms with Crippen molar-refractivity contribution < 1.29 is 0 Å². The predicted molar refractivity (Wildman–Crippen MR) is 116 cm³/mol. The van der Waals surface area contributed by atoms with E-state index in [1.165, 1.54) is 28.8 Å². The summed E-state index contributed by atoms with van der Waals surface area (Å²) >= 11 is 2.01. The van der Waals surface area contributed by atoms with Crippen molar-refractivity contribution in [3.05, 3.63) is 71.8 Å². The number of nitrogens with zero attached hydrogens (tertiary/aromatic N) is 1. The van der Waals surface area contributed by atoms with Crippen molar-refractivity contribution in [2.75, 3.05) is 26.4 Å². The molecule has 1 nitrogen and oxygen atoms in total. The minimum atomic E-state index is 0.646. The first-order valence-electron chi connectivity index (χ1n) is 9.19. The van der Waals surface area contributed by atoms with Crippen LogP contribution in [-0.4, -0.2) is 26.4 Å². The summed E-state index contributed by atoms with van der Waals surface area (Å²) in [6.45, 7) is 9.49. The molecule has 0 fully saturated rings. The van der Waals surface area contributed by atoms with Crippen LogP contribution in [0.4, 0.5) is 5.69 Å². The SMILES string of the molecule is C=Cc1ccc(CSCC[N+](C)(C)c2ccc(C(C)CC)cc2)cc1. The highest BCUT2D eigenvalue weighted by Gasteiger charge is 2.18. The summed E-state index contributed by atoms with van der Waals surface area (Å²) in [6, 6.07) is 17.9. The van der Waals surface area contributed by atoms with Crippen LogP contribution in [0.3, 0.4) is 0 Å². The molecule has 0 aliphatic heterocycles. The van der Waals surface area contributed by atoms with Gasteiger partial charge in [0.05, 0.1) is 20.6 Å². The van der Waals surface area contributed by atoms with Gasteiger partial charge in [0.1, 0.15) is 5.69 Å². The second kappa shape index (κ2) is 9.26. The summed E-state index contributed by atoms with van der Waals surface area (Å²) < 4.78 is 0.934. The summed E-state index contributed by atoms with van der Waals surface area (Å²) in [5, 5.41) is 0. The Morgan fingerprint density at radius 1 is 1.04 bits per heavy atom. The molecule has 25 heavy (non-hydrogen) atoms. The summed E-state index contributed by atoms with van der Waals surface area (Å²) in [6.07, 6.45) is 3.09. The lowest BCUT2D eigenvalue weighted by atomic mass is 9.98. The molecular formula is C23H32NS+. The number of rotatable bonds is 9. The molecule has 0 saturated heterocycles. The number of hydrogen-bond donors (Lipinski definition) is 0. The molecule has 0 spiro atoms. The molecule has 0 heterocycles. The lowest BCUT2D eigenvalue weighted by Crippen LogP contribution is -2.42. The normalized spacial score (nSPS) is 12.8. The zero-order valence-corrected chi connectivity index (χ0v) is 17.0. The van der Waals surface area contributed by atoms with E-state index >= 15 is 0 Å². The molecule has 0 bridgehead atoms. The van der Waals surface area contributed by atoms with Crippen LogP contribution in [0.2, 0.25) is 0 Å². The topological polar surface area (TPSA) is 0 Å². The fourth-order valence-electron chi connectivity index (χ4n) is 2.80. The lowest BCUT2D eigenvalue weighted by Gasteiger charge is -2.29. The van der Waals surface area contributed by atoms with Gasteiger partial charge in [-0.15, -0.1) is 0 Å². The summed E-state index contributed by atoms with van der Waals surface area (Å²) in [5.41, 5.74) is 5.41. The Balaban J connectivity index is 1.84. The Kier molecular flexibility index (Phi) is 7.34. The molecule has 2 rings (SSSR count). The maximum atomic E-state index is 3.80. The number of benzene rings is 2.